The number of ether oxygens (including phenoxy) is 6. The number of aromatic hydroxyl groups is 5. The van der Waals surface area contributed by atoms with Crippen molar-refractivity contribution in [2.45, 2.75) is 85.5 Å². The molecule has 0 aromatic heterocycles. The fourth-order valence-electron chi connectivity index (χ4n) is 10.0. The van der Waals surface area contributed by atoms with Gasteiger partial charge >= 0.3 is 0 Å². The molecule has 0 radical (unpaired) electrons. The molecule has 10 rings (SSSR count). The Bertz CT molecular complexity index is 2960. The number of fused-ring (bicyclic) bond motifs is 2. The normalized spacial score (nSPS) is 29.5. The summed E-state index contributed by atoms with van der Waals surface area (Å²) in [6.45, 7) is -1.41. The fraction of sp³-hybridized carbons (Fsp3) is 0.296. The molecule has 4 aliphatic rings. The fourth-order valence-corrected chi connectivity index (χ4v) is 10.0. The maximum absolute atomic E-state index is 11.7. The van der Waals surface area contributed by atoms with Crippen molar-refractivity contribution in [2.75, 3.05) is 13.2 Å². The summed E-state index contributed by atoms with van der Waals surface area (Å²) in [5.74, 6) is -1.80. The number of phenolic OH excluding ortho intramolecular Hbond substituents is 5. The molecule has 0 saturated carbocycles. The number of phenols is 5. The number of aliphatic hydroxyl groups is 8. The molecule has 6 aromatic carbocycles. The largest absolute Gasteiger partial charge is 0.508 e. The second-order valence-corrected chi connectivity index (χ2v) is 18.4. The molecule has 19 nitrogen and oxygen atoms in total. The maximum Gasteiger partial charge on any atom is 0.229 e. The second-order valence-electron chi connectivity index (χ2n) is 18.4. The van der Waals surface area contributed by atoms with E-state index >= 15 is 0 Å². The van der Waals surface area contributed by atoms with Crippen molar-refractivity contribution >= 4 is 12.2 Å². The van der Waals surface area contributed by atoms with Crippen LogP contribution in [0, 0.1) is 0 Å². The van der Waals surface area contributed by atoms with Crippen LogP contribution in [0.3, 0.4) is 0 Å². The molecule has 19 heteroatoms. The van der Waals surface area contributed by atoms with E-state index in [1.165, 1.54) is 60.7 Å². The smallest absolute Gasteiger partial charge is 0.229 e. The quantitative estimate of drug-likeness (QED) is 0.0783. The summed E-state index contributed by atoms with van der Waals surface area (Å²) in [7, 11) is 0. The van der Waals surface area contributed by atoms with Gasteiger partial charge in [-0.1, -0.05) is 48.6 Å². The Balaban J connectivity index is 1.16. The van der Waals surface area contributed by atoms with Gasteiger partial charge in [0.25, 0.3) is 0 Å². The van der Waals surface area contributed by atoms with E-state index in [0.717, 1.165) is 0 Å². The molecule has 4 heterocycles. The van der Waals surface area contributed by atoms with E-state index in [4.69, 9.17) is 28.4 Å². The Morgan fingerprint density at radius 2 is 0.904 bits per heavy atom. The van der Waals surface area contributed by atoms with Crippen molar-refractivity contribution in [1.29, 1.82) is 0 Å². The number of rotatable bonds is 12. The van der Waals surface area contributed by atoms with Crippen LogP contribution in [0.5, 0.6) is 51.7 Å². The molecule has 2 fully saturated rings. The lowest BCUT2D eigenvalue weighted by Gasteiger charge is -2.39. The molecule has 0 amide bonds. The van der Waals surface area contributed by atoms with Crippen LogP contribution < -0.4 is 18.9 Å². The first-order valence-electron chi connectivity index (χ1n) is 23.3. The Hall–Kier alpha value is -7.14. The first-order valence-corrected chi connectivity index (χ1v) is 23.3. The number of benzene rings is 6. The average molecular weight is 1000 g/mol. The van der Waals surface area contributed by atoms with Gasteiger partial charge in [-0.05, 0) is 94.0 Å². The van der Waals surface area contributed by atoms with Gasteiger partial charge in [0, 0.05) is 29.3 Å². The van der Waals surface area contributed by atoms with Gasteiger partial charge in [-0.3, -0.25) is 0 Å². The molecule has 13 N–H and O–H groups in total. The van der Waals surface area contributed by atoms with E-state index in [2.05, 4.69) is 0 Å². The van der Waals surface area contributed by atoms with Crippen LogP contribution in [-0.4, -0.2) is 141 Å². The van der Waals surface area contributed by atoms with E-state index in [1.807, 2.05) is 0 Å². The SMILES string of the molecule is OC[C@H]1O[C@@H](Oc2cc(O)cc([C@@H]3c4c(cc(O)cc4[C@@H]4c5c(/C=C\c6ccc(O)cc6)cc(O[C@@H]6O[C@H](CO)[C@@H](O)[C@H](O)[C@H]6O)cc5O[C@H]4c4ccc(O)cc4)O[C@@H]3c3ccc(O)cc3)c2)[C@H](O)[C@@H](O)[C@@H]1O. The minimum absolute atomic E-state index is 0.0269. The van der Waals surface area contributed by atoms with E-state index in [1.54, 1.807) is 66.7 Å². The molecule has 73 heavy (non-hydrogen) atoms. The topological polar surface area (TPSA) is 318 Å². The summed E-state index contributed by atoms with van der Waals surface area (Å²) in [5, 5.41) is 138. The van der Waals surface area contributed by atoms with E-state index in [9.17, 15) is 66.4 Å². The average Bonchev–Trinajstić information content (AvgIpc) is 3.96. The van der Waals surface area contributed by atoms with Crippen LogP contribution in [0.15, 0.2) is 115 Å². The molecule has 14 atom stereocenters. The molecule has 0 aliphatic carbocycles. The first-order chi connectivity index (χ1) is 35.1. The number of hydrogen-bond acceptors (Lipinski definition) is 19. The van der Waals surface area contributed by atoms with Crippen molar-refractivity contribution < 1.29 is 94.8 Å². The third-order valence-corrected chi connectivity index (χ3v) is 13.6. The van der Waals surface area contributed by atoms with Crippen molar-refractivity contribution in [2.24, 2.45) is 0 Å². The third kappa shape index (κ3) is 9.55. The Morgan fingerprint density at radius 3 is 1.44 bits per heavy atom. The molecular weight excluding hydrogens is 953 g/mol. The van der Waals surface area contributed by atoms with Gasteiger partial charge in [-0.2, -0.15) is 0 Å². The minimum atomic E-state index is -1.78. The third-order valence-electron chi connectivity index (χ3n) is 13.6. The van der Waals surface area contributed by atoms with Crippen LogP contribution in [0.1, 0.15) is 68.6 Å². The van der Waals surface area contributed by atoms with Crippen LogP contribution >= 0.6 is 0 Å². The summed E-state index contributed by atoms with van der Waals surface area (Å²) < 4.78 is 37.3. The summed E-state index contributed by atoms with van der Waals surface area (Å²) in [6, 6.07) is 29.4. The molecular formula is C54H52O19. The van der Waals surface area contributed by atoms with Crippen LogP contribution in [-0.2, 0) is 9.47 Å². The minimum Gasteiger partial charge on any atom is -0.508 e. The lowest BCUT2D eigenvalue weighted by Crippen LogP contribution is -2.60. The summed E-state index contributed by atoms with van der Waals surface area (Å²) in [5.41, 5.74) is 4.14. The number of hydrogen-bond donors (Lipinski definition) is 13. The van der Waals surface area contributed by atoms with Crippen molar-refractivity contribution in [3.8, 4) is 51.7 Å². The van der Waals surface area contributed by atoms with Crippen molar-refractivity contribution in [3.05, 3.63) is 160 Å². The molecule has 0 bridgehead atoms. The highest BCUT2D eigenvalue weighted by Crippen LogP contribution is 2.60. The van der Waals surface area contributed by atoms with Crippen molar-refractivity contribution in [1.82, 2.24) is 0 Å². The molecule has 0 unspecified atom stereocenters. The lowest BCUT2D eigenvalue weighted by atomic mass is 9.75. The highest BCUT2D eigenvalue weighted by Gasteiger charge is 2.49. The van der Waals surface area contributed by atoms with Crippen molar-refractivity contribution in [3.63, 3.8) is 0 Å². The zero-order chi connectivity index (χ0) is 51.4. The highest BCUT2D eigenvalue weighted by atomic mass is 16.7. The predicted octanol–water partition coefficient (Wildman–Crippen LogP) is 3.27. The summed E-state index contributed by atoms with van der Waals surface area (Å²) in [4.78, 5) is 0. The van der Waals surface area contributed by atoms with E-state index in [-0.39, 0.29) is 51.7 Å². The van der Waals surface area contributed by atoms with Gasteiger partial charge < -0.3 is 94.8 Å². The zero-order valence-electron chi connectivity index (χ0n) is 38.4. The maximum atomic E-state index is 11.7. The van der Waals surface area contributed by atoms with Crippen LogP contribution in [0.4, 0.5) is 0 Å². The zero-order valence-corrected chi connectivity index (χ0v) is 38.4. The first kappa shape index (κ1) is 49.4. The predicted molar refractivity (Wildman–Crippen MR) is 255 cm³/mol. The summed E-state index contributed by atoms with van der Waals surface area (Å²) in [6.07, 6.45) is -14.4. The molecule has 0 spiro atoms. The van der Waals surface area contributed by atoms with Gasteiger partial charge in [-0.15, -0.1) is 0 Å². The Kier molecular flexibility index (Phi) is 13.6. The molecule has 6 aromatic rings. The summed E-state index contributed by atoms with van der Waals surface area (Å²) >= 11 is 0. The van der Waals surface area contributed by atoms with Gasteiger partial charge in [0.1, 0.15) is 113 Å². The molecule has 2 saturated heterocycles. The lowest BCUT2D eigenvalue weighted by molar-refractivity contribution is -0.277. The Labute approximate surface area is 416 Å². The van der Waals surface area contributed by atoms with Crippen LogP contribution in [0.25, 0.3) is 12.2 Å². The Morgan fingerprint density at radius 1 is 0.425 bits per heavy atom. The van der Waals surface area contributed by atoms with Gasteiger partial charge in [0.2, 0.25) is 12.6 Å². The van der Waals surface area contributed by atoms with E-state index < -0.39 is 98.7 Å². The van der Waals surface area contributed by atoms with Gasteiger partial charge in [0.05, 0.1) is 25.0 Å². The highest BCUT2D eigenvalue weighted by molar-refractivity contribution is 5.76. The second kappa shape index (κ2) is 20.0. The number of aliphatic hydroxyl groups excluding tert-OH is 8. The molecule has 4 aliphatic heterocycles. The van der Waals surface area contributed by atoms with Gasteiger partial charge in [-0.25, -0.2) is 0 Å². The van der Waals surface area contributed by atoms with Crippen LogP contribution in [0.2, 0.25) is 0 Å². The monoisotopic (exact) mass is 1000 g/mol. The van der Waals surface area contributed by atoms with E-state index in [0.29, 0.717) is 44.5 Å². The van der Waals surface area contributed by atoms with Gasteiger partial charge in [0.15, 0.2) is 0 Å². The molecule has 382 valence electrons. The standard InChI is InChI=1S/C54H52O19/c55-22-39-45(62)47(64)49(66)53(72-39)68-34-17-28(15-32(60)18-34)42-43-36(19-33(61)20-37(43)70-51(42)25-5-11-30(58)12-6-25)44-41-27(4-1-24-2-9-29(57)10-3-24)16-35(69-54-50(67)48(65)46(63)40(23-56)73-54)21-38(41)71-52(44)26-7-13-31(59)14-8-26/h1-21,39-40,42,44-67H,22-23H2/b4-1-/t39-,40-,42-,44-,45-,46-,47+,48+,49-,50-,51-,52+,53-,54-/m1/s1.